The number of hydrogen-bond acceptors (Lipinski definition) is 9. The molecule has 4 atom stereocenters. The largest absolute Gasteiger partial charge is 0.508 e. The summed E-state index contributed by atoms with van der Waals surface area (Å²) >= 11 is 0. The number of primary amides is 1. The lowest BCUT2D eigenvalue weighted by Crippen LogP contribution is -2.57. The SMILES string of the molecule is NCCCCC(NC(=O)C(CCC(N)=O)NC(=O)C(Cc1ccc(O)cc1)NC(=O)C(N)CCC(=O)O)C(=O)O. The first-order chi connectivity index (χ1) is 18.8. The Kier molecular flexibility index (Phi) is 14.7. The summed E-state index contributed by atoms with van der Waals surface area (Å²) in [7, 11) is 0. The number of unbranched alkanes of at least 4 members (excludes halogenated alkanes) is 1. The van der Waals surface area contributed by atoms with Gasteiger partial charge in [-0.2, -0.15) is 0 Å². The molecule has 40 heavy (non-hydrogen) atoms. The molecule has 15 nitrogen and oxygen atoms in total. The summed E-state index contributed by atoms with van der Waals surface area (Å²) in [5, 5.41) is 35.1. The van der Waals surface area contributed by atoms with Gasteiger partial charge in [-0.1, -0.05) is 12.1 Å². The highest BCUT2D eigenvalue weighted by atomic mass is 16.4. The summed E-state index contributed by atoms with van der Waals surface area (Å²) in [4.78, 5) is 72.8. The van der Waals surface area contributed by atoms with Gasteiger partial charge in [-0.15, -0.1) is 0 Å². The van der Waals surface area contributed by atoms with Gasteiger partial charge in [0.1, 0.15) is 23.9 Å². The van der Waals surface area contributed by atoms with E-state index < -0.39 is 59.7 Å². The number of aromatic hydroxyl groups is 1. The molecule has 0 radical (unpaired) electrons. The third-order valence-corrected chi connectivity index (χ3v) is 5.89. The van der Waals surface area contributed by atoms with E-state index in [9.17, 15) is 39.0 Å². The molecule has 1 aromatic rings. The summed E-state index contributed by atoms with van der Waals surface area (Å²) in [6.07, 6.45) is -0.192. The second-order valence-electron chi connectivity index (χ2n) is 9.22. The van der Waals surface area contributed by atoms with E-state index in [4.69, 9.17) is 22.3 Å². The van der Waals surface area contributed by atoms with Gasteiger partial charge in [-0.05, 0) is 56.3 Å². The van der Waals surface area contributed by atoms with Crippen LogP contribution in [-0.2, 0) is 35.2 Å². The Morgan fingerprint density at radius 2 is 1.32 bits per heavy atom. The Morgan fingerprint density at radius 3 is 1.88 bits per heavy atom. The molecule has 0 bridgehead atoms. The summed E-state index contributed by atoms with van der Waals surface area (Å²) in [5.41, 5.74) is 16.9. The number of carboxylic acids is 2. The number of phenolic OH excluding ortho intramolecular Hbond substituents is 1. The first-order valence-electron chi connectivity index (χ1n) is 12.7. The average molecular weight is 567 g/mol. The lowest BCUT2D eigenvalue weighted by atomic mass is 10.0. The van der Waals surface area contributed by atoms with Gasteiger partial charge < -0.3 is 48.5 Å². The molecule has 0 aliphatic carbocycles. The third-order valence-electron chi connectivity index (χ3n) is 5.89. The first-order valence-corrected chi connectivity index (χ1v) is 12.7. The zero-order chi connectivity index (χ0) is 30.2. The minimum absolute atomic E-state index is 0.0351. The number of carbonyl (C=O) groups is 6. The third kappa shape index (κ3) is 13.0. The Bertz CT molecular complexity index is 1030. The maximum atomic E-state index is 13.3. The van der Waals surface area contributed by atoms with Crippen molar-refractivity contribution in [2.75, 3.05) is 6.54 Å². The minimum atomic E-state index is -1.38. The number of aliphatic carboxylic acids is 2. The lowest BCUT2D eigenvalue weighted by Gasteiger charge is -2.25. The Balaban J connectivity index is 3.13. The van der Waals surface area contributed by atoms with Crippen molar-refractivity contribution in [3.63, 3.8) is 0 Å². The number of rotatable bonds is 19. The van der Waals surface area contributed by atoms with E-state index >= 15 is 0 Å². The van der Waals surface area contributed by atoms with Crippen LogP contribution in [0.2, 0.25) is 0 Å². The van der Waals surface area contributed by atoms with Crippen molar-refractivity contribution in [1.29, 1.82) is 0 Å². The van der Waals surface area contributed by atoms with E-state index in [1.54, 1.807) is 0 Å². The second kappa shape index (κ2) is 17.4. The van der Waals surface area contributed by atoms with Gasteiger partial charge in [-0.3, -0.25) is 24.0 Å². The van der Waals surface area contributed by atoms with Crippen molar-refractivity contribution < 1.29 is 44.1 Å². The van der Waals surface area contributed by atoms with Crippen molar-refractivity contribution in [3.8, 4) is 5.75 Å². The molecule has 4 amide bonds. The molecule has 0 saturated carbocycles. The zero-order valence-electron chi connectivity index (χ0n) is 22.0. The monoisotopic (exact) mass is 566 g/mol. The van der Waals surface area contributed by atoms with Crippen molar-refractivity contribution in [3.05, 3.63) is 29.8 Å². The van der Waals surface area contributed by atoms with E-state index in [1.807, 2.05) is 0 Å². The summed E-state index contributed by atoms with van der Waals surface area (Å²) in [6.45, 7) is 0.339. The van der Waals surface area contributed by atoms with E-state index in [0.29, 0.717) is 24.9 Å². The maximum Gasteiger partial charge on any atom is 0.326 e. The fourth-order valence-corrected chi connectivity index (χ4v) is 3.62. The summed E-state index contributed by atoms with van der Waals surface area (Å²) in [5.74, 6) is -5.79. The summed E-state index contributed by atoms with van der Waals surface area (Å²) in [6, 6.07) is 0.532. The van der Waals surface area contributed by atoms with Crippen molar-refractivity contribution in [2.45, 2.75) is 75.5 Å². The number of nitrogens with one attached hydrogen (secondary N) is 3. The highest BCUT2D eigenvalue weighted by Gasteiger charge is 2.30. The van der Waals surface area contributed by atoms with Crippen molar-refractivity contribution in [1.82, 2.24) is 16.0 Å². The molecule has 1 rings (SSSR count). The van der Waals surface area contributed by atoms with Gasteiger partial charge in [-0.25, -0.2) is 4.79 Å². The molecule has 1 aromatic carbocycles. The van der Waals surface area contributed by atoms with E-state index in [-0.39, 0.29) is 44.3 Å². The molecule has 12 N–H and O–H groups in total. The van der Waals surface area contributed by atoms with Gasteiger partial charge in [0.15, 0.2) is 0 Å². The van der Waals surface area contributed by atoms with Crippen LogP contribution in [0.5, 0.6) is 5.75 Å². The van der Waals surface area contributed by atoms with Gasteiger partial charge in [0.05, 0.1) is 6.04 Å². The predicted molar refractivity (Wildman–Crippen MR) is 141 cm³/mol. The molecule has 0 aliphatic heterocycles. The normalized spacial score (nSPS) is 13.8. The number of carbonyl (C=O) groups excluding carboxylic acids is 4. The molecular formula is C25H38N6O9. The van der Waals surface area contributed by atoms with Crippen LogP contribution in [0.1, 0.15) is 50.5 Å². The molecular weight excluding hydrogens is 528 g/mol. The van der Waals surface area contributed by atoms with Gasteiger partial charge in [0.25, 0.3) is 0 Å². The molecule has 15 heteroatoms. The Labute approximate surface area is 230 Å². The van der Waals surface area contributed by atoms with Gasteiger partial charge >= 0.3 is 11.9 Å². The van der Waals surface area contributed by atoms with Gasteiger partial charge in [0.2, 0.25) is 23.6 Å². The highest BCUT2D eigenvalue weighted by molar-refractivity contribution is 5.94. The van der Waals surface area contributed by atoms with Crippen molar-refractivity contribution >= 4 is 35.6 Å². The van der Waals surface area contributed by atoms with Crippen LogP contribution in [0.25, 0.3) is 0 Å². The molecule has 0 heterocycles. The number of phenols is 1. The molecule has 0 spiro atoms. The number of nitrogens with two attached hydrogens (primary N) is 3. The predicted octanol–water partition coefficient (Wildman–Crippen LogP) is -1.94. The van der Waals surface area contributed by atoms with Crippen LogP contribution in [0.15, 0.2) is 24.3 Å². The fourth-order valence-electron chi connectivity index (χ4n) is 3.62. The van der Waals surface area contributed by atoms with Crippen molar-refractivity contribution in [2.24, 2.45) is 17.2 Å². The standard InChI is InChI=1S/C25H38N6O9/c26-12-2-1-3-18(25(39)40)30-23(37)17(9-10-20(28)33)29-24(38)19(13-14-4-6-15(32)7-5-14)31-22(36)16(27)8-11-21(34)35/h4-7,16-19,32H,1-3,8-13,26-27H2,(H2,28,33)(H,29,38)(H,30,37)(H,31,36)(H,34,35)(H,39,40). The smallest absolute Gasteiger partial charge is 0.326 e. The quantitative estimate of drug-likeness (QED) is 0.0830. The van der Waals surface area contributed by atoms with Gasteiger partial charge in [0, 0.05) is 19.3 Å². The van der Waals surface area contributed by atoms with Crippen LogP contribution in [0.4, 0.5) is 0 Å². The first kappa shape index (κ1) is 33.8. The molecule has 0 saturated heterocycles. The van der Waals surface area contributed by atoms with Crippen LogP contribution >= 0.6 is 0 Å². The molecule has 0 fully saturated rings. The molecule has 0 aromatic heterocycles. The fraction of sp³-hybridized carbons (Fsp3) is 0.520. The van der Waals surface area contributed by atoms with E-state index in [2.05, 4.69) is 16.0 Å². The molecule has 0 aliphatic rings. The molecule has 4 unspecified atom stereocenters. The van der Waals surface area contributed by atoms with E-state index in [1.165, 1.54) is 24.3 Å². The number of amides is 4. The number of carboxylic acid groups (broad SMARTS) is 2. The minimum Gasteiger partial charge on any atom is -0.508 e. The zero-order valence-corrected chi connectivity index (χ0v) is 22.0. The Morgan fingerprint density at radius 1 is 0.750 bits per heavy atom. The van der Waals surface area contributed by atoms with Crippen LogP contribution < -0.4 is 33.2 Å². The van der Waals surface area contributed by atoms with E-state index in [0.717, 1.165) is 0 Å². The number of hydrogen-bond donors (Lipinski definition) is 9. The highest BCUT2D eigenvalue weighted by Crippen LogP contribution is 2.12. The maximum absolute atomic E-state index is 13.3. The average Bonchev–Trinajstić information content (AvgIpc) is 2.89. The lowest BCUT2D eigenvalue weighted by molar-refractivity contribution is -0.142. The number of benzene rings is 1. The Hall–Kier alpha value is -4.24. The topological polar surface area (TPSA) is 277 Å². The summed E-state index contributed by atoms with van der Waals surface area (Å²) < 4.78 is 0. The molecule has 222 valence electrons. The van der Waals surface area contributed by atoms with Crippen LogP contribution in [0, 0.1) is 0 Å². The van der Waals surface area contributed by atoms with Crippen LogP contribution in [0.3, 0.4) is 0 Å². The van der Waals surface area contributed by atoms with Crippen LogP contribution in [-0.4, -0.2) is 81.6 Å². The second-order valence-corrected chi connectivity index (χ2v) is 9.22.